The van der Waals surface area contributed by atoms with Crippen LogP contribution in [0.25, 0.3) is 0 Å². The van der Waals surface area contributed by atoms with Crippen LogP contribution in [0, 0.1) is 0 Å². The Hall–Kier alpha value is -2.35. The number of aliphatic hydroxyl groups is 2. The molecule has 4 aromatic rings. The maximum Gasteiger partial charge on any atom is 0.182 e. The molecule has 5 atom stereocenters. The number of aromatic nitrogens is 1. The van der Waals surface area contributed by atoms with E-state index >= 15 is 0 Å². The summed E-state index contributed by atoms with van der Waals surface area (Å²) in [7, 11) is 0. The van der Waals surface area contributed by atoms with Crippen molar-refractivity contribution in [3.63, 3.8) is 0 Å². The maximum absolute atomic E-state index is 12.6. The number of aliphatic hydroxyl groups excluding tert-OH is 1. The van der Waals surface area contributed by atoms with E-state index in [-0.39, 0.29) is 11.2 Å². The zero-order chi connectivity index (χ0) is 24.9. The minimum absolute atomic E-state index is 0.311. The van der Waals surface area contributed by atoms with E-state index < -0.39 is 17.3 Å². The smallest absolute Gasteiger partial charge is 0.182 e. The van der Waals surface area contributed by atoms with Crippen molar-refractivity contribution in [1.82, 2.24) is 4.98 Å². The molecule has 0 saturated heterocycles. The van der Waals surface area contributed by atoms with Gasteiger partial charge in [0.1, 0.15) is 17.5 Å². The molecule has 1 saturated carbocycles. The maximum atomic E-state index is 12.6. The first-order valence-electron chi connectivity index (χ1n) is 11.7. The van der Waals surface area contributed by atoms with Crippen LogP contribution in [0.3, 0.4) is 0 Å². The van der Waals surface area contributed by atoms with E-state index in [9.17, 15) is 10.2 Å². The van der Waals surface area contributed by atoms with Gasteiger partial charge in [0.2, 0.25) is 0 Å². The SMILES string of the molecule is OC1C(SCc2ccccc2)C(c2ccccc2)[C@]2(c3ccc(Br)cc3)Oc3cc(Cl)cnc3[C@]12O. The molecule has 1 aliphatic carbocycles. The van der Waals surface area contributed by atoms with Gasteiger partial charge < -0.3 is 14.9 Å². The summed E-state index contributed by atoms with van der Waals surface area (Å²) in [5, 5.41) is 24.6. The molecule has 0 amide bonds. The lowest BCUT2D eigenvalue weighted by atomic mass is 9.72. The summed E-state index contributed by atoms with van der Waals surface area (Å²) >= 11 is 11.4. The van der Waals surface area contributed by atoms with Crippen molar-refractivity contribution in [2.24, 2.45) is 0 Å². The molecule has 1 aliphatic heterocycles. The van der Waals surface area contributed by atoms with Crippen LogP contribution in [-0.2, 0) is 17.0 Å². The van der Waals surface area contributed by atoms with Gasteiger partial charge in [0.25, 0.3) is 0 Å². The van der Waals surface area contributed by atoms with Crippen molar-refractivity contribution in [2.75, 3.05) is 0 Å². The Labute approximate surface area is 227 Å². The van der Waals surface area contributed by atoms with Crippen molar-refractivity contribution in [3.8, 4) is 5.75 Å². The molecule has 2 N–H and O–H groups in total. The van der Waals surface area contributed by atoms with Gasteiger partial charge in [0.05, 0.1) is 5.02 Å². The van der Waals surface area contributed by atoms with Gasteiger partial charge in [0.15, 0.2) is 11.2 Å². The number of fused-ring (bicyclic) bond motifs is 3. The molecule has 3 unspecified atom stereocenters. The fraction of sp³-hybridized carbons (Fsp3) is 0.207. The fourth-order valence-corrected chi connectivity index (χ4v) is 7.63. The topological polar surface area (TPSA) is 62.6 Å². The predicted molar refractivity (Wildman–Crippen MR) is 146 cm³/mol. The molecule has 0 spiro atoms. The first kappa shape index (κ1) is 24.0. The van der Waals surface area contributed by atoms with Crippen LogP contribution in [0.4, 0.5) is 0 Å². The Kier molecular flexibility index (Phi) is 6.13. The monoisotopic (exact) mass is 579 g/mol. The summed E-state index contributed by atoms with van der Waals surface area (Å²) in [4.78, 5) is 4.51. The minimum Gasteiger partial charge on any atom is -0.476 e. The average Bonchev–Trinajstić information content (AvgIpc) is 3.26. The number of nitrogens with zero attached hydrogens (tertiary/aromatic N) is 1. The molecule has 0 bridgehead atoms. The Morgan fingerprint density at radius 3 is 2.33 bits per heavy atom. The molecule has 4 nitrogen and oxygen atoms in total. The zero-order valence-corrected chi connectivity index (χ0v) is 22.2. The van der Waals surface area contributed by atoms with E-state index in [4.69, 9.17) is 16.3 Å². The van der Waals surface area contributed by atoms with E-state index in [1.54, 1.807) is 17.8 Å². The number of hydrogen-bond acceptors (Lipinski definition) is 5. The van der Waals surface area contributed by atoms with Crippen molar-refractivity contribution < 1.29 is 14.9 Å². The number of halogens is 2. The second-order valence-corrected chi connectivity index (χ2v) is 11.7. The summed E-state index contributed by atoms with van der Waals surface area (Å²) in [6, 6.07) is 29.5. The lowest BCUT2D eigenvalue weighted by Crippen LogP contribution is -2.52. The summed E-state index contributed by atoms with van der Waals surface area (Å²) in [5.74, 6) is 0.681. The third-order valence-electron chi connectivity index (χ3n) is 7.24. The van der Waals surface area contributed by atoms with Gasteiger partial charge in [0, 0.05) is 33.7 Å². The van der Waals surface area contributed by atoms with E-state index in [0.717, 1.165) is 21.2 Å². The van der Waals surface area contributed by atoms with Gasteiger partial charge in [-0.2, -0.15) is 11.8 Å². The first-order chi connectivity index (χ1) is 17.4. The van der Waals surface area contributed by atoms with Gasteiger partial charge in [-0.25, -0.2) is 0 Å². The standard InChI is InChI=1S/C29H23BrClNO3S/c30-21-13-11-20(12-14-21)29-24(19-9-5-2-6-10-19)25(36-17-18-7-3-1-4-8-18)27(33)28(29,34)26-23(35-29)15-22(31)16-32-26/h1-16,24-25,27,33-34H,17H2/t24?,25?,27?,28-,29-/m0/s1. The quantitative estimate of drug-likeness (QED) is 0.285. The lowest BCUT2D eigenvalue weighted by molar-refractivity contribution is -0.150. The summed E-state index contributed by atoms with van der Waals surface area (Å²) < 4.78 is 7.67. The van der Waals surface area contributed by atoms with Gasteiger partial charge >= 0.3 is 0 Å². The highest BCUT2D eigenvalue weighted by Gasteiger charge is 2.76. The molecule has 7 heteroatoms. The van der Waals surface area contributed by atoms with Crippen LogP contribution in [0.15, 0.2) is 102 Å². The van der Waals surface area contributed by atoms with Crippen molar-refractivity contribution in [3.05, 3.63) is 129 Å². The highest BCUT2D eigenvalue weighted by atomic mass is 79.9. The van der Waals surface area contributed by atoms with Crippen LogP contribution in [0.1, 0.15) is 28.3 Å². The van der Waals surface area contributed by atoms with Crippen molar-refractivity contribution in [2.45, 2.75) is 34.2 Å². The summed E-state index contributed by atoms with van der Waals surface area (Å²) in [6.45, 7) is 0. The lowest BCUT2D eigenvalue weighted by Gasteiger charge is -2.40. The predicted octanol–water partition coefficient (Wildman–Crippen LogP) is 6.43. The first-order valence-corrected chi connectivity index (χ1v) is 13.9. The molecule has 1 fully saturated rings. The molecule has 182 valence electrons. The number of hydrogen-bond donors (Lipinski definition) is 2. The van der Waals surface area contributed by atoms with Crippen LogP contribution in [-0.4, -0.2) is 26.6 Å². The van der Waals surface area contributed by atoms with E-state index in [1.165, 1.54) is 6.20 Å². The van der Waals surface area contributed by atoms with Gasteiger partial charge in [-0.05, 0) is 28.8 Å². The highest BCUT2D eigenvalue weighted by molar-refractivity contribution is 9.10. The number of thioether (sulfide) groups is 1. The van der Waals surface area contributed by atoms with Crippen LogP contribution >= 0.6 is 39.3 Å². The van der Waals surface area contributed by atoms with Gasteiger partial charge in [-0.1, -0.05) is 100 Å². The zero-order valence-electron chi connectivity index (χ0n) is 19.1. The normalized spacial score (nSPS) is 28.4. The Morgan fingerprint density at radius 1 is 0.972 bits per heavy atom. The molecule has 6 rings (SSSR count). The minimum atomic E-state index is -1.80. The van der Waals surface area contributed by atoms with E-state index in [1.807, 2.05) is 72.8 Å². The molecular weight excluding hydrogens is 558 g/mol. The molecule has 0 radical (unpaired) electrons. The highest BCUT2D eigenvalue weighted by Crippen LogP contribution is 2.68. The number of pyridine rings is 1. The van der Waals surface area contributed by atoms with Crippen LogP contribution in [0.5, 0.6) is 5.75 Å². The Bertz CT molecular complexity index is 1390. The molecule has 2 aliphatic rings. The van der Waals surface area contributed by atoms with Gasteiger partial charge in [-0.15, -0.1) is 0 Å². The average molecular weight is 581 g/mol. The molecular formula is C29H23BrClNO3S. The Balaban J connectivity index is 1.57. The van der Waals surface area contributed by atoms with E-state index in [2.05, 4.69) is 33.0 Å². The summed E-state index contributed by atoms with van der Waals surface area (Å²) in [5.41, 5.74) is 0.0804. The molecule has 36 heavy (non-hydrogen) atoms. The fourth-order valence-electron chi connectivity index (χ4n) is 5.72. The number of benzene rings is 3. The number of ether oxygens (including phenoxy) is 1. The molecule has 3 aromatic carbocycles. The molecule has 2 heterocycles. The summed E-state index contributed by atoms with van der Waals surface area (Å²) in [6.07, 6.45) is 0.337. The van der Waals surface area contributed by atoms with Crippen LogP contribution < -0.4 is 4.74 Å². The van der Waals surface area contributed by atoms with E-state index in [0.29, 0.717) is 22.2 Å². The van der Waals surface area contributed by atoms with Crippen molar-refractivity contribution >= 4 is 39.3 Å². The van der Waals surface area contributed by atoms with Crippen molar-refractivity contribution in [1.29, 1.82) is 0 Å². The Morgan fingerprint density at radius 2 is 1.64 bits per heavy atom. The largest absolute Gasteiger partial charge is 0.476 e. The third-order valence-corrected chi connectivity index (χ3v) is 9.39. The second kappa shape index (κ2) is 9.19. The third kappa shape index (κ3) is 3.54. The van der Waals surface area contributed by atoms with Gasteiger partial charge in [-0.3, -0.25) is 4.98 Å². The molecule has 1 aromatic heterocycles. The van der Waals surface area contributed by atoms with Crippen LogP contribution in [0.2, 0.25) is 5.02 Å². The number of rotatable bonds is 5. The second-order valence-electron chi connectivity index (χ2n) is 9.21.